The van der Waals surface area contributed by atoms with Crippen LogP contribution in [0.1, 0.15) is 0 Å². The Bertz CT molecular complexity index is 599. The lowest BCUT2D eigenvalue weighted by Gasteiger charge is -2.35. The van der Waals surface area contributed by atoms with E-state index < -0.39 is 0 Å². The Kier molecular flexibility index (Phi) is 3.75. The zero-order valence-corrected chi connectivity index (χ0v) is 11.2. The van der Waals surface area contributed by atoms with Gasteiger partial charge in [0, 0.05) is 38.1 Å². The number of piperazine rings is 1. The number of nitrogens with zero attached hydrogens (tertiary/aromatic N) is 4. The van der Waals surface area contributed by atoms with Gasteiger partial charge < -0.3 is 10.0 Å². The van der Waals surface area contributed by atoms with Crippen LogP contribution in [-0.4, -0.2) is 59.3 Å². The molecule has 1 aliphatic rings. The predicted octanol–water partition coefficient (Wildman–Crippen LogP) is 0.883. The van der Waals surface area contributed by atoms with Crippen LogP contribution in [0.4, 0.5) is 10.2 Å². The molecule has 2 aromatic rings. The van der Waals surface area contributed by atoms with Crippen LogP contribution in [0.25, 0.3) is 10.9 Å². The molecule has 1 fully saturated rings. The lowest BCUT2D eigenvalue weighted by molar-refractivity contribution is 0.188. The third-order valence-electron chi connectivity index (χ3n) is 3.68. The molecule has 1 aromatic carbocycles. The van der Waals surface area contributed by atoms with Crippen LogP contribution >= 0.6 is 0 Å². The maximum atomic E-state index is 13.8. The molecular formula is C14H17FN4O. The molecule has 0 saturated carbocycles. The Hall–Kier alpha value is -1.79. The zero-order chi connectivity index (χ0) is 13.9. The van der Waals surface area contributed by atoms with Gasteiger partial charge in [0.05, 0.1) is 6.61 Å². The highest BCUT2D eigenvalue weighted by molar-refractivity contribution is 5.89. The molecule has 2 heterocycles. The second-order valence-electron chi connectivity index (χ2n) is 4.89. The quantitative estimate of drug-likeness (QED) is 0.902. The number of para-hydroxylation sites is 1. The van der Waals surface area contributed by atoms with Gasteiger partial charge in [-0.15, -0.1) is 0 Å². The van der Waals surface area contributed by atoms with Gasteiger partial charge in [-0.25, -0.2) is 14.4 Å². The molecule has 1 saturated heterocycles. The fourth-order valence-electron chi connectivity index (χ4n) is 2.61. The number of benzene rings is 1. The maximum Gasteiger partial charge on any atom is 0.149 e. The van der Waals surface area contributed by atoms with E-state index in [-0.39, 0.29) is 12.4 Å². The lowest BCUT2D eigenvalue weighted by Crippen LogP contribution is -2.47. The van der Waals surface area contributed by atoms with Crippen molar-refractivity contribution < 1.29 is 9.50 Å². The summed E-state index contributed by atoms with van der Waals surface area (Å²) in [6, 6.07) is 4.96. The second kappa shape index (κ2) is 5.68. The number of aliphatic hydroxyl groups is 1. The van der Waals surface area contributed by atoms with Crippen molar-refractivity contribution >= 4 is 16.7 Å². The van der Waals surface area contributed by atoms with Crippen LogP contribution in [0.3, 0.4) is 0 Å². The van der Waals surface area contributed by atoms with Crippen LogP contribution in [0.2, 0.25) is 0 Å². The van der Waals surface area contributed by atoms with Gasteiger partial charge in [-0.05, 0) is 12.1 Å². The molecule has 1 aromatic heterocycles. The van der Waals surface area contributed by atoms with Crippen molar-refractivity contribution in [1.29, 1.82) is 0 Å². The van der Waals surface area contributed by atoms with Gasteiger partial charge in [0.15, 0.2) is 0 Å². The summed E-state index contributed by atoms with van der Waals surface area (Å²) in [5.74, 6) is 0.475. The highest BCUT2D eigenvalue weighted by Gasteiger charge is 2.19. The average molecular weight is 276 g/mol. The summed E-state index contributed by atoms with van der Waals surface area (Å²) >= 11 is 0. The number of rotatable bonds is 3. The topological polar surface area (TPSA) is 52.5 Å². The largest absolute Gasteiger partial charge is 0.395 e. The third-order valence-corrected chi connectivity index (χ3v) is 3.68. The van der Waals surface area contributed by atoms with Gasteiger partial charge >= 0.3 is 0 Å². The SMILES string of the molecule is OCCN1CCN(c2ncnc3c(F)cccc23)CC1. The minimum absolute atomic E-state index is 0.182. The second-order valence-corrected chi connectivity index (χ2v) is 4.89. The summed E-state index contributed by atoms with van der Waals surface area (Å²) < 4.78 is 13.8. The van der Waals surface area contributed by atoms with Gasteiger partial charge in [-0.2, -0.15) is 0 Å². The number of anilines is 1. The molecule has 5 nitrogen and oxygen atoms in total. The van der Waals surface area contributed by atoms with Crippen LogP contribution in [0.15, 0.2) is 24.5 Å². The molecule has 0 atom stereocenters. The highest BCUT2D eigenvalue weighted by Crippen LogP contribution is 2.25. The molecule has 0 spiro atoms. The summed E-state index contributed by atoms with van der Waals surface area (Å²) in [6.07, 6.45) is 1.42. The molecular weight excluding hydrogens is 259 g/mol. The Morgan fingerprint density at radius 2 is 1.95 bits per heavy atom. The Balaban J connectivity index is 1.86. The van der Waals surface area contributed by atoms with Gasteiger partial charge in [-0.3, -0.25) is 4.90 Å². The first kappa shape index (κ1) is 13.2. The molecule has 0 unspecified atom stereocenters. The minimum atomic E-state index is -0.315. The number of β-amino-alcohol motifs (C(OH)–C–C–N with tert-alkyl or cyclic N) is 1. The Morgan fingerprint density at radius 3 is 2.70 bits per heavy atom. The minimum Gasteiger partial charge on any atom is -0.395 e. The Labute approximate surface area is 116 Å². The first-order valence-electron chi connectivity index (χ1n) is 6.77. The number of fused-ring (bicyclic) bond motifs is 1. The molecule has 20 heavy (non-hydrogen) atoms. The summed E-state index contributed by atoms with van der Waals surface area (Å²) in [7, 11) is 0. The van der Waals surface area contributed by atoms with Gasteiger partial charge in [0.1, 0.15) is 23.5 Å². The van der Waals surface area contributed by atoms with E-state index in [0.29, 0.717) is 12.1 Å². The fourth-order valence-corrected chi connectivity index (χ4v) is 2.61. The van der Waals surface area contributed by atoms with E-state index in [4.69, 9.17) is 5.11 Å². The lowest BCUT2D eigenvalue weighted by atomic mass is 10.2. The van der Waals surface area contributed by atoms with E-state index in [0.717, 1.165) is 37.4 Å². The molecule has 3 rings (SSSR count). The molecule has 0 radical (unpaired) electrons. The fraction of sp³-hybridized carbons (Fsp3) is 0.429. The van der Waals surface area contributed by atoms with Crippen molar-refractivity contribution in [2.75, 3.05) is 44.2 Å². The van der Waals surface area contributed by atoms with Gasteiger partial charge in [0.2, 0.25) is 0 Å². The van der Waals surface area contributed by atoms with Crippen molar-refractivity contribution in [2.24, 2.45) is 0 Å². The normalized spacial score (nSPS) is 16.8. The molecule has 0 amide bonds. The predicted molar refractivity (Wildman–Crippen MR) is 75.2 cm³/mol. The molecule has 1 N–H and O–H groups in total. The van der Waals surface area contributed by atoms with Crippen molar-refractivity contribution in [3.63, 3.8) is 0 Å². The van der Waals surface area contributed by atoms with E-state index in [1.807, 2.05) is 6.07 Å². The molecule has 0 aliphatic carbocycles. The standard InChI is InChI=1S/C14H17FN4O/c15-12-3-1-2-11-13(12)16-10-17-14(11)19-6-4-18(5-7-19)8-9-20/h1-3,10,20H,4-9H2. The van der Waals surface area contributed by atoms with E-state index in [1.54, 1.807) is 6.07 Å². The van der Waals surface area contributed by atoms with E-state index in [2.05, 4.69) is 19.8 Å². The number of hydrogen-bond acceptors (Lipinski definition) is 5. The number of hydrogen-bond donors (Lipinski definition) is 1. The maximum absolute atomic E-state index is 13.8. The third kappa shape index (κ3) is 2.44. The number of aliphatic hydroxyl groups excluding tert-OH is 1. The first-order valence-corrected chi connectivity index (χ1v) is 6.77. The molecule has 106 valence electrons. The van der Waals surface area contributed by atoms with Crippen LogP contribution < -0.4 is 4.90 Å². The summed E-state index contributed by atoms with van der Waals surface area (Å²) in [4.78, 5) is 12.7. The smallest absolute Gasteiger partial charge is 0.149 e. The number of halogens is 1. The van der Waals surface area contributed by atoms with E-state index >= 15 is 0 Å². The zero-order valence-electron chi connectivity index (χ0n) is 11.2. The van der Waals surface area contributed by atoms with Crippen LogP contribution in [0.5, 0.6) is 0 Å². The first-order chi connectivity index (χ1) is 9.79. The highest BCUT2D eigenvalue weighted by atomic mass is 19.1. The van der Waals surface area contributed by atoms with E-state index in [1.165, 1.54) is 12.4 Å². The molecule has 6 heteroatoms. The Morgan fingerprint density at radius 1 is 1.15 bits per heavy atom. The monoisotopic (exact) mass is 276 g/mol. The molecule has 1 aliphatic heterocycles. The van der Waals surface area contributed by atoms with Crippen molar-refractivity contribution in [2.45, 2.75) is 0 Å². The van der Waals surface area contributed by atoms with Crippen molar-refractivity contribution in [3.8, 4) is 0 Å². The van der Waals surface area contributed by atoms with Gasteiger partial charge in [0.25, 0.3) is 0 Å². The van der Waals surface area contributed by atoms with Crippen LogP contribution in [0, 0.1) is 5.82 Å². The summed E-state index contributed by atoms with van der Waals surface area (Å²) in [5, 5.41) is 9.71. The number of aromatic nitrogens is 2. The van der Waals surface area contributed by atoms with E-state index in [9.17, 15) is 4.39 Å². The van der Waals surface area contributed by atoms with Crippen molar-refractivity contribution in [3.05, 3.63) is 30.3 Å². The summed E-state index contributed by atoms with van der Waals surface area (Å²) in [5.41, 5.74) is 0.371. The van der Waals surface area contributed by atoms with Gasteiger partial charge in [-0.1, -0.05) is 6.07 Å². The summed E-state index contributed by atoms with van der Waals surface area (Å²) in [6.45, 7) is 4.28. The molecule has 0 bridgehead atoms. The van der Waals surface area contributed by atoms with Crippen molar-refractivity contribution in [1.82, 2.24) is 14.9 Å². The van der Waals surface area contributed by atoms with Crippen LogP contribution in [-0.2, 0) is 0 Å². The average Bonchev–Trinajstić information content (AvgIpc) is 2.48.